The number of anilines is 1. The molecule has 30 heavy (non-hydrogen) atoms. The number of nitrogens with zero attached hydrogens (tertiary/aromatic N) is 1. The van der Waals surface area contributed by atoms with Gasteiger partial charge in [0, 0.05) is 30.5 Å². The summed E-state index contributed by atoms with van der Waals surface area (Å²) >= 11 is 0. The van der Waals surface area contributed by atoms with Crippen molar-refractivity contribution in [2.45, 2.75) is 12.8 Å². The number of carbonyl (C=O) groups is 3. The maximum absolute atomic E-state index is 12.7. The number of piperidine rings is 1. The number of ether oxygens (including phenoxy) is 2. The Kier molecular flexibility index (Phi) is 4.63. The van der Waals surface area contributed by atoms with Crippen molar-refractivity contribution in [1.82, 2.24) is 4.90 Å². The third kappa shape index (κ3) is 3.29. The van der Waals surface area contributed by atoms with Crippen LogP contribution in [0.3, 0.4) is 0 Å². The first-order valence-corrected chi connectivity index (χ1v) is 10.1. The lowest BCUT2D eigenvalue weighted by molar-refractivity contribution is -0.912. The van der Waals surface area contributed by atoms with E-state index in [-0.39, 0.29) is 30.4 Å². The molecule has 1 saturated heterocycles. The third-order valence-corrected chi connectivity index (χ3v) is 5.96. The number of likely N-dealkylation sites (tertiary alicyclic amines) is 1. The first-order valence-electron chi connectivity index (χ1n) is 10.1. The number of hydrogen-bond donors (Lipinski definition) is 2. The molecule has 3 aliphatic heterocycles. The van der Waals surface area contributed by atoms with Gasteiger partial charge in [-0.3, -0.25) is 14.4 Å². The highest BCUT2D eigenvalue weighted by Gasteiger charge is 2.38. The number of benzene rings is 2. The van der Waals surface area contributed by atoms with Crippen LogP contribution in [0.4, 0.5) is 5.69 Å². The Balaban J connectivity index is 1.16. The molecule has 3 heterocycles. The van der Waals surface area contributed by atoms with Gasteiger partial charge in [0.2, 0.25) is 12.7 Å². The van der Waals surface area contributed by atoms with Crippen LogP contribution < -0.4 is 19.7 Å². The van der Waals surface area contributed by atoms with Gasteiger partial charge in [-0.25, -0.2) is 4.90 Å². The maximum Gasteiger partial charge on any atom is 0.265 e. The summed E-state index contributed by atoms with van der Waals surface area (Å²) in [6.45, 7) is 1.99. The molecular formula is C22H22N3O5+. The van der Waals surface area contributed by atoms with Crippen molar-refractivity contribution in [3.8, 4) is 11.5 Å². The summed E-state index contributed by atoms with van der Waals surface area (Å²) < 4.78 is 10.6. The molecule has 0 saturated carbocycles. The zero-order valence-electron chi connectivity index (χ0n) is 16.3. The summed E-state index contributed by atoms with van der Waals surface area (Å²) in [5.41, 5.74) is 1.63. The molecule has 2 N–H and O–H groups in total. The summed E-state index contributed by atoms with van der Waals surface area (Å²) in [6.07, 6.45) is 1.41. The average Bonchev–Trinajstić information content (AvgIpc) is 3.33. The second kappa shape index (κ2) is 7.46. The van der Waals surface area contributed by atoms with Crippen LogP contribution in [-0.4, -0.2) is 49.2 Å². The maximum atomic E-state index is 12.7. The van der Waals surface area contributed by atoms with Crippen LogP contribution >= 0.6 is 0 Å². The van der Waals surface area contributed by atoms with Gasteiger partial charge >= 0.3 is 0 Å². The lowest BCUT2D eigenvalue weighted by atomic mass is 9.96. The average molecular weight is 408 g/mol. The van der Waals surface area contributed by atoms with E-state index in [4.69, 9.17) is 9.47 Å². The van der Waals surface area contributed by atoms with Gasteiger partial charge in [-0.15, -0.1) is 0 Å². The first kappa shape index (κ1) is 18.6. The highest BCUT2D eigenvalue weighted by atomic mass is 16.7. The Hall–Kier alpha value is -3.39. The van der Waals surface area contributed by atoms with E-state index >= 15 is 0 Å². The fourth-order valence-electron chi connectivity index (χ4n) is 4.27. The standard InChI is InChI=1S/C22H21N3O5/c26-20(23-15-5-6-18-19(11-15)30-13-29-18)14-7-9-24(10-8-14)12-25-21(27)16-3-1-2-4-17(16)22(25)28/h1-6,11,14H,7-10,12-13H2,(H,23,26)/p+1. The minimum atomic E-state index is -0.231. The summed E-state index contributed by atoms with van der Waals surface area (Å²) in [5, 5.41) is 2.95. The Morgan fingerprint density at radius 2 is 1.67 bits per heavy atom. The Morgan fingerprint density at radius 3 is 2.37 bits per heavy atom. The lowest BCUT2D eigenvalue weighted by Gasteiger charge is -2.30. The summed E-state index contributed by atoms with van der Waals surface area (Å²) in [7, 11) is 0. The second-order valence-corrected chi connectivity index (χ2v) is 7.82. The lowest BCUT2D eigenvalue weighted by Crippen LogP contribution is -3.14. The molecule has 154 valence electrons. The van der Waals surface area contributed by atoms with Crippen LogP contribution in [0.15, 0.2) is 42.5 Å². The smallest absolute Gasteiger partial charge is 0.265 e. The van der Waals surface area contributed by atoms with Crippen molar-refractivity contribution in [1.29, 1.82) is 0 Å². The molecule has 8 nitrogen and oxygen atoms in total. The van der Waals surface area contributed by atoms with E-state index in [1.165, 1.54) is 4.90 Å². The molecule has 0 aromatic heterocycles. The predicted octanol–water partition coefficient (Wildman–Crippen LogP) is 0.902. The molecule has 5 rings (SSSR count). The van der Waals surface area contributed by atoms with Crippen LogP contribution in [0.5, 0.6) is 11.5 Å². The number of quaternary nitrogens is 1. The molecule has 8 heteroatoms. The van der Waals surface area contributed by atoms with Gasteiger partial charge in [0.1, 0.15) is 0 Å². The quantitative estimate of drug-likeness (QED) is 0.734. The molecule has 2 aromatic rings. The molecule has 0 unspecified atom stereocenters. The summed E-state index contributed by atoms with van der Waals surface area (Å²) in [6, 6.07) is 12.3. The van der Waals surface area contributed by atoms with Crippen molar-refractivity contribution in [3.63, 3.8) is 0 Å². The van der Waals surface area contributed by atoms with Gasteiger partial charge in [-0.2, -0.15) is 0 Å². The summed E-state index contributed by atoms with van der Waals surface area (Å²) in [5.74, 6) is 0.734. The molecule has 0 aliphatic carbocycles. The molecular weight excluding hydrogens is 386 g/mol. The fraction of sp³-hybridized carbons (Fsp3) is 0.318. The molecule has 0 atom stereocenters. The SMILES string of the molecule is O=C(Nc1ccc2c(c1)OCO2)C1CC[NH+](CN2C(=O)c3ccccc3C2=O)CC1. The van der Waals surface area contributed by atoms with Gasteiger partial charge in [0.25, 0.3) is 11.8 Å². The Labute approximate surface area is 173 Å². The number of nitrogens with one attached hydrogen (secondary N) is 2. The van der Waals surface area contributed by atoms with Gasteiger partial charge in [-0.05, 0) is 24.3 Å². The van der Waals surface area contributed by atoms with E-state index in [1.54, 1.807) is 42.5 Å². The van der Waals surface area contributed by atoms with Crippen molar-refractivity contribution >= 4 is 23.4 Å². The normalized spacial score (nSPS) is 22.2. The number of amides is 3. The van der Waals surface area contributed by atoms with Crippen LogP contribution in [0, 0.1) is 5.92 Å². The van der Waals surface area contributed by atoms with Crippen molar-refractivity contribution in [3.05, 3.63) is 53.6 Å². The topological polar surface area (TPSA) is 89.4 Å². The number of imide groups is 1. The van der Waals surface area contributed by atoms with Crippen molar-refractivity contribution in [2.24, 2.45) is 5.92 Å². The minimum absolute atomic E-state index is 0.0198. The second-order valence-electron chi connectivity index (χ2n) is 7.82. The van der Waals surface area contributed by atoms with Crippen LogP contribution in [0.1, 0.15) is 33.6 Å². The van der Waals surface area contributed by atoms with Crippen LogP contribution in [0.25, 0.3) is 0 Å². The molecule has 2 aromatic carbocycles. The highest BCUT2D eigenvalue weighted by Crippen LogP contribution is 2.34. The number of hydrogen-bond acceptors (Lipinski definition) is 5. The van der Waals surface area contributed by atoms with E-state index in [0.29, 0.717) is 47.8 Å². The minimum Gasteiger partial charge on any atom is -0.454 e. The van der Waals surface area contributed by atoms with Gasteiger partial charge in [0.15, 0.2) is 18.2 Å². The third-order valence-electron chi connectivity index (χ3n) is 5.96. The van der Waals surface area contributed by atoms with E-state index in [2.05, 4.69) is 5.32 Å². The van der Waals surface area contributed by atoms with Crippen molar-refractivity contribution < 1.29 is 28.8 Å². The molecule has 3 amide bonds. The number of fused-ring (bicyclic) bond motifs is 2. The van der Waals surface area contributed by atoms with Crippen molar-refractivity contribution in [2.75, 3.05) is 31.9 Å². The van der Waals surface area contributed by atoms with Gasteiger partial charge < -0.3 is 19.7 Å². The first-order chi connectivity index (χ1) is 14.6. The van der Waals surface area contributed by atoms with E-state index in [0.717, 1.165) is 18.0 Å². The zero-order chi connectivity index (χ0) is 20.7. The van der Waals surface area contributed by atoms with Crippen LogP contribution in [-0.2, 0) is 4.79 Å². The molecule has 0 spiro atoms. The molecule has 0 bridgehead atoms. The number of carbonyl (C=O) groups excluding carboxylic acids is 3. The zero-order valence-corrected chi connectivity index (χ0v) is 16.3. The van der Waals surface area contributed by atoms with E-state index in [1.807, 2.05) is 0 Å². The largest absolute Gasteiger partial charge is 0.454 e. The Morgan fingerprint density at radius 1 is 1.00 bits per heavy atom. The van der Waals surface area contributed by atoms with Gasteiger partial charge in [0.05, 0.1) is 24.2 Å². The number of rotatable bonds is 4. The molecule has 3 aliphatic rings. The van der Waals surface area contributed by atoms with Gasteiger partial charge in [-0.1, -0.05) is 12.1 Å². The highest BCUT2D eigenvalue weighted by molar-refractivity contribution is 6.21. The Bertz CT molecular complexity index is 994. The van der Waals surface area contributed by atoms with Crippen LogP contribution in [0.2, 0.25) is 0 Å². The monoisotopic (exact) mass is 408 g/mol. The predicted molar refractivity (Wildman–Crippen MR) is 106 cm³/mol. The molecule has 0 radical (unpaired) electrons. The molecule has 1 fully saturated rings. The van der Waals surface area contributed by atoms with E-state index in [9.17, 15) is 14.4 Å². The van der Waals surface area contributed by atoms with E-state index < -0.39 is 0 Å². The summed E-state index contributed by atoms with van der Waals surface area (Å²) in [4.78, 5) is 40.2. The fourth-order valence-corrected chi connectivity index (χ4v) is 4.27.